The summed E-state index contributed by atoms with van der Waals surface area (Å²) in [6.07, 6.45) is 3.52. The molecule has 5 heteroatoms. The number of aromatic nitrogens is 1. The lowest BCUT2D eigenvalue weighted by molar-refractivity contribution is 0.0916. The lowest BCUT2D eigenvalue weighted by Crippen LogP contribution is -2.43. The molecule has 0 saturated carbocycles. The molecule has 0 unspecified atom stereocenters. The van der Waals surface area contributed by atoms with E-state index in [0.29, 0.717) is 11.3 Å². The fraction of sp³-hybridized carbons (Fsp3) is 0.538. The Labute approximate surface area is 107 Å². The second-order valence-electron chi connectivity index (χ2n) is 4.74. The Morgan fingerprint density at radius 3 is 2.94 bits per heavy atom. The van der Waals surface area contributed by atoms with Crippen molar-refractivity contribution in [1.82, 2.24) is 15.2 Å². The van der Waals surface area contributed by atoms with Gasteiger partial charge in [-0.15, -0.1) is 0 Å². The van der Waals surface area contributed by atoms with Gasteiger partial charge in [0.15, 0.2) is 0 Å². The molecule has 1 amide bonds. The molecule has 1 fully saturated rings. The van der Waals surface area contributed by atoms with Gasteiger partial charge in [-0.3, -0.25) is 9.78 Å². The van der Waals surface area contributed by atoms with Crippen LogP contribution in [0.15, 0.2) is 18.3 Å². The summed E-state index contributed by atoms with van der Waals surface area (Å²) in [7, 11) is 2.09. The minimum absolute atomic E-state index is 0.0818. The number of amides is 1. The van der Waals surface area contributed by atoms with Gasteiger partial charge >= 0.3 is 0 Å². The zero-order valence-corrected chi connectivity index (χ0v) is 10.6. The number of carbonyl (C=O) groups is 1. The van der Waals surface area contributed by atoms with Gasteiger partial charge in [0.05, 0.1) is 12.3 Å². The molecule has 0 aromatic carbocycles. The number of nitrogens with zero attached hydrogens (tertiary/aromatic N) is 2. The number of nitrogens with one attached hydrogen (secondary N) is 1. The van der Waals surface area contributed by atoms with Crippen LogP contribution in [-0.2, 0) is 6.61 Å². The van der Waals surface area contributed by atoms with E-state index in [4.69, 9.17) is 5.11 Å². The van der Waals surface area contributed by atoms with Gasteiger partial charge in [-0.05, 0) is 45.1 Å². The fourth-order valence-electron chi connectivity index (χ4n) is 2.13. The molecule has 1 aromatic heterocycles. The Kier molecular flexibility index (Phi) is 4.28. The summed E-state index contributed by atoms with van der Waals surface area (Å²) >= 11 is 0. The highest BCUT2D eigenvalue weighted by Crippen LogP contribution is 2.10. The second-order valence-corrected chi connectivity index (χ2v) is 4.74. The predicted octanol–water partition coefficient (Wildman–Crippen LogP) is 0.398. The minimum atomic E-state index is -0.144. The molecule has 1 aromatic rings. The Bertz CT molecular complexity index is 414. The third-order valence-corrected chi connectivity index (χ3v) is 3.29. The monoisotopic (exact) mass is 249 g/mol. The average Bonchev–Trinajstić information content (AvgIpc) is 2.41. The summed E-state index contributed by atoms with van der Waals surface area (Å²) < 4.78 is 0. The first-order valence-corrected chi connectivity index (χ1v) is 6.24. The Balaban J connectivity index is 1.94. The predicted molar refractivity (Wildman–Crippen MR) is 68.1 cm³/mol. The molecule has 2 rings (SSSR count). The molecule has 0 radical (unpaired) electrons. The second kappa shape index (κ2) is 5.93. The first kappa shape index (κ1) is 13.0. The van der Waals surface area contributed by atoms with Crippen LogP contribution in [-0.4, -0.2) is 47.1 Å². The van der Waals surface area contributed by atoms with E-state index in [9.17, 15) is 4.79 Å². The largest absolute Gasteiger partial charge is 0.390 e. The third-order valence-electron chi connectivity index (χ3n) is 3.29. The molecule has 0 spiro atoms. The quantitative estimate of drug-likeness (QED) is 0.813. The molecule has 5 nitrogen and oxygen atoms in total. The van der Waals surface area contributed by atoms with Crippen LogP contribution >= 0.6 is 0 Å². The maximum Gasteiger partial charge on any atom is 0.251 e. The van der Waals surface area contributed by atoms with Crippen molar-refractivity contribution in [2.45, 2.75) is 25.5 Å². The molecular weight excluding hydrogens is 230 g/mol. The van der Waals surface area contributed by atoms with Crippen molar-refractivity contribution >= 4 is 5.91 Å². The zero-order chi connectivity index (χ0) is 13.0. The van der Waals surface area contributed by atoms with Crippen molar-refractivity contribution in [2.24, 2.45) is 0 Å². The number of rotatable bonds is 3. The van der Waals surface area contributed by atoms with Gasteiger partial charge in [-0.2, -0.15) is 0 Å². The van der Waals surface area contributed by atoms with E-state index in [1.165, 1.54) is 0 Å². The molecule has 1 aliphatic heterocycles. The summed E-state index contributed by atoms with van der Waals surface area (Å²) in [6, 6.07) is 3.55. The number of aliphatic hydroxyl groups excluding tert-OH is 1. The number of pyridine rings is 1. The highest BCUT2D eigenvalue weighted by molar-refractivity contribution is 5.94. The summed E-state index contributed by atoms with van der Waals surface area (Å²) in [5, 5.41) is 12.0. The molecule has 98 valence electrons. The van der Waals surface area contributed by atoms with Crippen LogP contribution < -0.4 is 5.32 Å². The third kappa shape index (κ3) is 3.27. The number of aliphatic hydroxyl groups is 1. The van der Waals surface area contributed by atoms with Gasteiger partial charge in [-0.1, -0.05) is 0 Å². The molecule has 2 N–H and O–H groups in total. The van der Waals surface area contributed by atoms with E-state index in [-0.39, 0.29) is 18.6 Å². The van der Waals surface area contributed by atoms with Crippen LogP contribution in [0, 0.1) is 0 Å². The molecule has 0 bridgehead atoms. The van der Waals surface area contributed by atoms with Crippen LogP contribution in [0.3, 0.4) is 0 Å². The number of likely N-dealkylation sites (tertiary alicyclic amines) is 1. The van der Waals surface area contributed by atoms with E-state index >= 15 is 0 Å². The van der Waals surface area contributed by atoms with Gasteiger partial charge in [0.2, 0.25) is 0 Å². The van der Waals surface area contributed by atoms with Crippen molar-refractivity contribution < 1.29 is 9.90 Å². The van der Waals surface area contributed by atoms with E-state index in [1.54, 1.807) is 18.3 Å². The van der Waals surface area contributed by atoms with E-state index in [1.807, 2.05) is 0 Å². The highest BCUT2D eigenvalue weighted by Gasteiger charge is 2.19. The number of carbonyl (C=O) groups excluding carboxylic acids is 1. The Hall–Kier alpha value is -1.46. The van der Waals surface area contributed by atoms with Crippen LogP contribution in [0.25, 0.3) is 0 Å². The molecule has 0 atom stereocenters. The smallest absolute Gasteiger partial charge is 0.251 e. The Morgan fingerprint density at radius 2 is 2.28 bits per heavy atom. The number of piperidine rings is 1. The van der Waals surface area contributed by atoms with Crippen LogP contribution in [0.4, 0.5) is 0 Å². The van der Waals surface area contributed by atoms with Crippen molar-refractivity contribution in [1.29, 1.82) is 0 Å². The van der Waals surface area contributed by atoms with Gasteiger partial charge in [0.1, 0.15) is 0 Å². The van der Waals surface area contributed by atoms with Gasteiger partial charge < -0.3 is 15.3 Å². The molecule has 1 saturated heterocycles. The topological polar surface area (TPSA) is 65.5 Å². The van der Waals surface area contributed by atoms with Crippen molar-refractivity contribution in [2.75, 3.05) is 20.1 Å². The van der Waals surface area contributed by atoms with Gasteiger partial charge in [-0.25, -0.2) is 0 Å². The lowest BCUT2D eigenvalue weighted by atomic mass is 10.0. The normalized spacial score (nSPS) is 17.7. The molecule has 1 aliphatic rings. The van der Waals surface area contributed by atoms with Crippen LogP contribution in [0.2, 0.25) is 0 Å². The number of hydrogen-bond donors (Lipinski definition) is 2. The maximum atomic E-state index is 12.0. The molecule has 18 heavy (non-hydrogen) atoms. The maximum absolute atomic E-state index is 12.0. The Morgan fingerprint density at radius 1 is 1.56 bits per heavy atom. The van der Waals surface area contributed by atoms with Crippen LogP contribution in [0.1, 0.15) is 28.9 Å². The summed E-state index contributed by atoms with van der Waals surface area (Å²) in [4.78, 5) is 18.3. The standard InChI is InChI=1S/C13H19N3O2/c1-16-6-3-11(4-7-16)15-13(18)10-2-5-14-12(8-10)9-17/h2,5,8,11,17H,3-4,6-7,9H2,1H3,(H,15,18). The molecular formula is C13H19N3O2. The average molecular weight is 249 g/mol. The lowest BCUT2D eigenvalue weighted by Gasteiger charge is -2.29. The first-order chi connectivity index (χ1) is 8.69. The zero-order valence-electron chi connectivity index (χ0n) is 10.6. The van der Waals surface area contributed by atoms with E-state index in [0.717, 1.165) is 25.9 Å². The van der Waals surface area contributed by atoms with Crippen molar-refractivity contribution in [3.05, 3.63) is 29.6 Å². The number of hydrogen-bond acceptors (Lipinski definition) is 4. The van der Waals surface area contributed by atoms with Gasteiger partial charge in [0.25, 0.3) is 5.91 Å². The van der Waals surface area contributed by atoms with E-state index in [2.05, 4.69) is 22.2 Å². The first-order valence-electron chi connectivity index (χ1n) is 6.24. The molecule has 0 aliphatic carbocycles. The van der Waals surface area contributed by atoms with Gasteiger partial charge in [0, 0.05) is 17.8 Å². The van der Waals surface area contributed by atoms with Crippen molar-refractivity contribution in [3.8, 4) is 0 Å². The van der Waals surface area contributed by atoms with Crippen LogP contribution in [0.5, 0.6) is 0 Å². The summed E-state index contributed by atoms with van der Waals surface area (Å²) in [6.45, 7) is 1.89. The van der Waals surface area contributed by atoms with E-state index < -0.39 is 0 Å². The molecule has 2 heterocycles. The highest BCUT2D eigenvalue weighted by atomic mass is 16.3. The SMILES string of the molecule is CN1CCC(NC(=O)c2ccnc(CO)c2)CC1. The fourth-order valence-corrected chi connectivity index (χ4v) is 2.13. The summed E-state index contributed by atoms with van der Waals surface area (Å²) in [5.74, 6) is -0.0818. The van der Waals surface area contributed by atoms with Crippen molar-refractivity contribution in [3.63, 3.8) is 0 Å². The minimum Gasteiger partial charge on any atom is -0.390 e. The summed E-state index contributed by atoms with van der Waals surface area (Å²) in [5.41, 5.74) is 1.08.